The first-order chi connectivity index (χ1) is 5.18. The molecule has 2 aliphatic rings. The molecule has 1 unspecified atom stereocenters. The fourth-order valence-corrected chi connectivity index (χ4v) is 3.94. The largest absolute Gasteiger partial charge is 0.326 e. The zero-order valence-corrected chi connectivity index (χ0v) is 7.71. The quantitative estimate of drug-likeness (QED) is 0.399. The Labute approximate surface area is 72.8 Å². The van der Waals surface area contributed by atoms with Crippen LogP contribution in [0.3, 0.4) is 0 Å². The van der Waals surface area contributed by atoms with Gasteiger partial charge in [0.15, 0.2) is 0 Å². The molecular weight excluding hydrogens is 178 g/mol. The van der Waals surface area contributed by atoms with Crippen LogP contribution in [0.25, 0.3) is 0 Å². The molecule has 4 heteroatoms. The maximum Gasteiger partial charge on any atom is 0.226 e. The van der Waals surface area contributed by atoms with Gasteiger partial charge < -0.3 is 4.90 Å². The van der Waals surface area contributed by atoms with Gasteiger partial charge in [-0.15, -0.1) is 0 Å². The molecule has 0 radical (unpaired) electrons. The number of hydrogen-bond donors (Lipinski definition) is 0. The Morgan fingerprint density at radius 2 is 2.45 bits per heavy atom. The number of rotatable bonds is 0. The van der Waals surface area contributed by atoms with Gasteiger partial charge in [-0.3, -0.25) is 4.79 Å². The number of fused-ring (bicyclic) bond motifs is 1. The monoisotopic (exact) mass is 187 g/mol. The van der Waals surface area contributed by atoms with E-state index in [0.29, 0.717) is 11.8 Å². The number of carbonyl (C=O) groups excluding carboxylic acids is 1. The highest BCUT2D eigenvalue weighted by Crippen LogP contribution is 2.28. The smallest absolute Gasteiger partial charge is 0.226 e. The van der Waals surface area contributed by atoms with Crippen molar-refractivity contribution < 1.29 is 4.79 Å². The maximum atomic E-state index is 11.0. The lowest BCUT2D eigenvalue weighted by Crippen LogP contribution is -2.58. The van der Waals surface area contributed by atoms with Crippen molar-refractivity contribution in [2.75, 3.05) is 12.3 Å². The summed E-state index contributed by atoms with van der Waals surface area (Å²) in [5, 5.41) is 0.378. The highest BCUT2D eigenvalue weighted by Gasteiger charge is 2.41. The SMILES string of the molecule is C=C1CN2C(=O)C[C@H]2S(=S)C1. The first-order valence-electron chi connectivity index (χ1n) is 3.52. The fourth-order valence-electron chi connectivity index (χ4n) is 1.43. The molecule has 0 aromatic heterocycles. The molecule has 11 heavy (non-hydrogen) atoms. The Bertz CT molecular complexity index is 261. The topological polar surface area (TPSA) is 20.3 Å². The maximum absolute atomic E-state index is 11.0. The van der Waals surface area contributed by atoms with E-state index in [4.69, 9.17) is 11.2 Å². The van der Waals surface area contributed by atoms with E-state index in [1.165, 1.54) is 0 Å². The molecule has 2 nitrogen and oxygen atoms in total. The second-order valence-corrected chi connectivity index (χ2v) is 5.83. The molecule has 0 aliphatic carbocycles. The summed E-state index contributed by atoms with van der Waals surface area (Å²) >= 11 is 5.24. The lowest BCUT2D eigenvalue weighted by atomic mass is 10.1. The number of amides is 1. The molecule has 2 atom stereocenters. The molecule has 0 aromatic carbocycles. The first-order valence-corrected chi connectivity index (χ1v) is 5.90. The van der Waals surface area contributed by atoms with Gasteiger partial charge >= 0.3 is 0 Å². The zero-order chi connectivity index (χ0) is 8.01. The van der Waals surface area contributed by atoms with Crippen LogP contribution in [0.1, 0.15) is 6.42 Å². The van der Waals surface area contributed by atoms with Crippen molar-refractivity contribution in [3.05, 3.63) is 12.2 Å². The lowest BCUT2D eigenvalue weighted by Gasteiger charge is -2.45. The Balaban J connectivity index is 2.19. The van der Waals surface area contributed by atoms with Gasteiger partial charge in [0.25, 0.3) is 0 Å². The number of carbonyl (C=O) groups is 1. The van der Waals surface area contributed by atoms with Crippen molar-refractivity contribution in [2.45, 2.75) is 11.8 Å². The molecule has 0 N–H and O–H groups in total. The average molecular weight is 187 g/mol. The standard InChI is InChI=1S/C7H9NOS2/c1-5-3-8-6(9)2-7(8)11(10)4-5/h7H,1-4H2/t7-,11?/m1/s1. The van der Waals surface area contributed by atoms with Crippen LogP contribution in [0.4, 0.5) is 0 Å². The third-order valence-corrected chi connectivity index (χ3v) is 4.80. The third kappa shape index (κ3) is 1.05. The van der Waals surface area contributed by atoms with Crippen molar-refractivity contribution in [3.8, 4) is 0 Å². The zero-order valence-electron chi connectivity index (χ0n) is 6.08. The van der Waals surface area contributed by atoms with E-state index in [1.54, 1.807) is 0 Å². The van der Waals surface area contributed by atoms with Crippen LogP contribution < -0.4 is 0 Å². The minimum Gasteiger partial charge on any atom is -0.326 e. The molecule has 2 aliphatic heterocycles. The van der Waals surface area contributed by atoms with E-state index in [2.05, 4.69) is 6.58 Å². The summed E-state index contributed by atoms with van der Waals surface area (Å²) in [6, 6.07) is 0. The van der Waals surface area contributed by atoms with Crippen LogP contribution in [-0.2, 0) is 25.4 Å². The molecule has 2 fully saturated rings. The van der Waals surface area contributed by atoms with Crippen molar-refractivity contribution >= 4 is 26.5 Å². The molecule has 60 valence electrons. The number of β-lactam (4-membered cyclic amide) rings is 1. The molecule has 0 bridgehead atoms. The van der Waals surface area contributed by atoms with E-state index < -0.39 is 0 Å². The van der Waals surface area contributed by atoms with Gasteiger partial charge in [-0.1, -0.05) is 16.0 Å². The second kappa shape index (κ2) is 2.38. The molecule has 2 saturated heterocycles. The van der Waals surface area contributed by atoms with E-state index in [1.807, 2.05) is 4.90 Å². The van der Waals surface area contributed by atoms with Gasteiger partial charge in [-0.2, -0.15) is 0 Å². The van der Waals surface area contributed by atoms with Gasteiger partial charge in [0, 0.05) is 12.3 Å². The predicted octanol–water partition coefficient (Wildman–Crippen LogP) is 0.195. The summed E-state index contributed by atoms with van der Waals surface area (Å²) in [6.07, 6.45) is 0.680. The van der Waals surface area contributed by atoms with Crippen molar-refractivity contribution in [1.82, 2.24) is 4.90 Å². The molecule has 0 aromatic rings. The molecule has 2 rings (SSSR count). The highest BCUT2D eigenvalue weighted by atomic mass is 32.8. The number of hydrogen-bond acceptors (Lipinski definition) is 2. The van der Waals surface area contributed by atoms with E-state index in [-0.39, 0.29) is 15.4 Å². The Kier molecular flexibility index (Phi) is 1.61. The summed E-state index contributed by atoms with van der Waals surface area (Å²) in [7, 11) is -0.0401. The fraction of sp³-hybridized carbons (Fsp3) is 0.571. The Hall–Kier alpha value is -0.220. The van der Waals surface area contributed by atoms with Gasteiger partial charge in [-0.25, -0.2) is 0 Å². The molecule has 0 saturated carbocycles. The van der Waals surface area contributed by atoms with E-state index in [9.17, 15) is 4.79 Å². The van der Waals surface area contributed by atoms with Gasteiger partial charge in [0.1, 0.15) is 0 Å². The predicted molar refractivity (Wildman–Crippen MR) is 48.9 cm³/mol. The molecule has 0 spiro atoms. The summed E-state index contributed by atoms with van der Waals surface area (Å²) in [5.41, 5.74) is 1.12. The van der Waals surface area contributed by atoms with Crippen molar-refractivity contribution in [2.24, 2.45) is 0 Å². The average Bonchev–Trinajstić information content (AvgIpc) is 1.93. The normalized spacial score (nSPS) is 36.5. The minimum atomic E-state index is -0.0401. The van der Waals surface area contributed by atoms with Crippen LogP contribution in [0, 0.1) is 0 Å². The van der Waals surface area contributed by atoms with Crippen molar-refractivity contribution in [1.29, 1.82) is 0 Å². The molecule has 1 amide bonds. The van der Waals surface area contributed by atoms with Crippen LogP contribution in [0.5, 0.6) is 0 Å². The van der Waals surface area contributed by atoms with Crippen LogP contribution in [0.15, 0.2) is 12.2 Å². The lowest BCUT2D eigenvalue weighted by molar-refractivity contribution is -0.141. The van der Waals surface area contributed by atoms with E-state index >= 15 is 0 Å². The Morgan fingerprint density at radius 3 is 3.09 bits per heavy atom. The van der Waals surface area contributed by atoms with Crippen LogP contribution >= 0.6 is 0 Å². The molecular formula is C7H9NOS2. The third-order valence-electron chi connectivity index (χ3n) is 2.06. The first kappa shape index (κ1) is 7.43. The van der Waals surface area contributed by atoms with Gasteiger partial charge in [0.05, 0.1) is 11.8 Å². The van der Waals surface area contributed by atoms with E-state index in [0.717, 1.165) is 17.9 Å². The Morgan fingerprint density at radius 1 is 1.73 bits per heavy atom. The summed E-state index contributed by atoms with van der Waals surface area (Å²) in [6.45, 7) is 4.62. The number of nitrogens with zero attached hydrogens (tertiary/aromatic N) is 1. The molecule has 2 heterocycles. The van der Waals surface area contributed by atoms with Gasteiger partial charge in [-0.05, 0) is 16.8 Å². The summed E-state index contributed by atoms with van der Waals surface area (Å²) in [4.78, 5) is 12.9. The van der Waals surface area contributed by atoms with Crippen molar-refractivity contribution in [3.63, 3.8) is 0 Å². The summed E-state index contributed by atoms with van der Waals surface area (Å²) < 4.78 is 0. The van der Waals surface area contributed by atoms with Gasteiger partial charge in [0.2, 0.25) is 5.91 Å². The summed E-state index contributed by atoms with van der Waals surface area (Å²) in [5.74, 6) is 1.20. The van der Waals surface area contributed by atoms with Crippen LogP contribution in [-0.4, -0.2) is 28.5 Å². The highest BCUT2D eigenvalue weighted by molar-refractivity contribution is 8.29. The van der Waals surface area contributed by atoms with Crippen LogP contribution in [0.2, 0.25) is 0 Å². The minimum absolute atomic E-state index is 0.0401. The second-order valence-electron chi connectivity index (χ2n) is 2.96.